The van der Waals surface area contributed by atoms with E-state index >= 15 is 0 Å². The Balaban J connectivity index is 0.00000200. The number of benzene rings is 1. The fourth-order valence-electron chi connectivity index (χ4n) is 2.29. The molecule has 0 fully saturated rings. The van der Waals surface area contributed by atoms with Crippen LogP contribution in [0.4, 0.5) is 4.39 Å². The second-order valence-electron chi connectivity index (χ2n) is 5.23. The van der Waals surface area contributed by atoms with Crippen LogP contribution in [0, 0.1) is 11.7 Å². The van der Waals surface area contributed by atoms with Crippen molar-refractivity contribution < 1.29 is 9.50 Å². The van der Waals surface area contributed by atoms with Gasteiger partial charge in [-0.2, -0.15) is 5.10 Å². The highest BCUT2D eigenvalue weighted by Crippen LogP contribution is 2.30. The first-order valence-electron chi connectivity index (χ1n) is 6.30. The number of rotatable bonds is 5. The number of aliphatic hydroxyl groups is 1. The Bertz CT molecular complexity index is 516. The van der Waals surface area contributed by atoms with Gasteiger partial charge in [-0.05, 0) is 41.0 Å². The third-order valence-corrected chi connectivity index (χ3v) is 3.02. The SMILES string of the molecule is C.CC(C)CC(O)(Cn1cncn1)c1ccc(F)cc1.[SiH4]. The smallest absolute Gasteiger partial charge is 0.137 e. The quantitative estimate of drug-likeness (QED) is 0.852. The molecule has 0 saturated heterocycles. The van der Waals surface area contributed by atoms with Crippen molar-refractivity contribution in [3.8, 4) is 0 Å². The van der Waals surface area contributed by atoms with E-state index in [4.69, 9.17) is 0 Å². The van der Waals surface area contributed by atoms with Gasteiger partial charge in [0, 0.05) is 0 Å². The summed E-state index contributed by atoms with van der Waals surface area (Å²) in [6, 6.07) is 5.97. The summed E-state index contributed by atoms with van der Waals surface area (Å²) < 4.78 is 14.6. The Morgan fingerprint density at radius 3 is 2.38 bits per heavy atom. The van der Waals surface area contributed by atoms with Gasteiger partial charge in [0.05, 0.1) is 6.54 Å². The summed E-state index contributed by atoms with van der Waals surface area (Å²) in [6.07, 6.45) is 3.56. The Kier molecular flexibility index (Phi) is 7.46. The molecule has 0 aliphatic carbocycles. The third kappa shape index (κ3) is 5.06. The minimum absolute atomic E-state index is 0. The van der Waals surface area contributed by atoms with Crippen LogP contribution in [0.2, 0.25) is 0 Å². The summed E-state index contributed by atoms with van der Waals surface area (Å²) in [4.78, 5) is 3.87. The molecule has 2 aromatic rings. The molecule has 1 aromatic heterocycles. The molecule has 1 aromatic carbocycles. The first-order valence-corrected chi connectivity index (χ1v) is 6.30. The lowest BCUT2D eigenvalue weighted by Crippen LogP contribution is -2.33. The molecule has 1 heterocycles. The molecule has 6 heteroatoms. The average Bonchev–Trinajstić information content (AvgIpc) is 2.81. The average molecular weight is 311 g/mol. The van der Waals surface area contributed by atoms with Crippen LogP contribution in [0.5, 0.6) is 0 Å². The Labute approximate surface area is 130 Å². The van der Waals surface area contributed by atoms with Crippen LogP contribution >= 0.6 is 0 Å². The molecule has 1 N–H and O–H groups in total. The first kappa shape index (κ1) is 19.5. The van der Waals surface area contributed by atoms with Crippen molar-refractivity contribution in [3.05, 3.63) is 48.3 Å². The van der Waals surface area contributed by atoms with E-state index < -0.39 is 5.60 Å². The Morgan fingerprint density at radius 1 is 1.29 bits per heavy atom. The van der Waals surface area contributed by atoms with Crippen molar-refractivity contribution in [3.63, 3.8) is 0 Å². The molecule has 0 spiro atoms. The fraction of sp³-hybridized carbons (Fsp3) is 0.467. The molecular weight excluding hydrogens is 285 g/mol. The van der Waals surface area contributed by atoms with E-state index in [0.29, 0.717) is 24.4 Å². The molecule has 4 nitrogen and oxygen atoms in total. The molecule has 1 atom stereocenters. The molecule has 1 unspecified atom stereocenters. The minimum atomic E-state index is -1.07. The van der Waals surface area contributed by atoms with Gasteiger partial charge in [-0.3, -0.25) is 0 Å². The van der Waals surface area contributed by atoms with Crippen LogP contribution < -0.4 is 0 Å². The summed E-state index contributed by atoms with van der Waals surface area (Å²) in [5.74, 6) is -0.00465. The van der Waals surface area contributed by atoms with Crippen molar-refractivity contribution >= 4 is 11.0 Å². The van der Waals surface area contributed by atoms with Gasteiger partial charge < -0.3 is 5.11 Å². The maximum absolute atomic E-state index is 13.0. The van der Waals surface area contributed by atoms with Crippen molar-refractivity contribution in [2.75, 3.05) is 0 Å². The van der Waals surface area contributed by atoms with Crippen LogP contribution in [-0.4, -0.2) is 30.8 Å². The predicted octanol–water partition coefficient (Wildman–Crippen LogP) is 1.54. The van der Waals surface area contributed by atoms with Crippen molar-refractivity contribution in [1.29, 1.82) is 0 Å². The van der Waals surface area contributed by atoms with Crippen LogP contribution in [0.25, 0.3) is 0 Å². The van der Waals surface area contributed by atoms with Gasteiger partial charge in [-0.15, -0.1) is 0 Å². The van der Waals surface area contributed by atoms with E-state index in [9.17, 15) is 9.50 Å². The number of hydrogen-bond donors (Lipinski definition) is 1. The molecule has 0 bridgehead atoms. The number of nitrogens with zero attached hydrogens (tertiary/aromatic N) is 3. The van der Waals surface area contributed by atoms with Crippen molar-refractivity contribution in [2.45, 2.75) is 39.8 Å². The number of hydrogen-bond acceptors (Lipinski definition) is 3. The summed E-state index contributed by atoms with van der Waals surface area (Å²) in [6.45, 7) is 4.38. The molecule has 118 valence electrons. The van der Waals surface area contributed by atoms with Crippen LogP contribution in [-0.2, 0) is 12.1 Å². The summed E-state index contributed by atoms with van der Waals surface area (Å²) in [7, 11) is 0. The van der Waals surface area contributed by atoms with Gasteiger partial charge in [0.15, 0.2) is 0 Å². The van der Waals surface area contributed by atoms with Gasteiger partial charge >= 0.3 is 0 Å². The number of aromatic nitrogens is 3. The van der Waals surface area contributed by atoms with E-state index in [1.807, 2.05) is 13.8 Å². The maximum atomic E-state index is 13.0. The molecule has 0 radical (unpaired) electrons. The Hall–Kier alpha value is -1.53. The second-order valence-corrected chi connectivity index (χ2v) is 5.23. The lowest BCUT2D eigenvalue weighted by Gasteiger charge is -2.30. The van der Waals surface area contributed by atoms with Gasteiger partial charge in [0.2, 0.25) is 0 Å². The minimum Gasteiger partial charge on any atom is -0.383 e. The Morgan fingerprint density at radius 2 is 1.90 bits per heavy atom. The lowest BCUT2D eigenvalue weighted by molar-refractivity contribution is -0.00500. The maximum Gasteiger partial charge on any atom is 0.137 e. The normalized spacial score (nSPS) is 13.2. The molecule has 2 rings (SSSR count). The standard InChI is InChI=1S/C14H18FN3O.CH4.H4Si/c1-11(2)7-14(19,8-18-10-16-9-17-18)12-3-5-13(15)6-4-12;;/h3-6,9-11,19H,7-8H2,1-2H3;2*1H4. The van der Waals surface area contributed by atoms with Crippen LogP contribution in [0.15, 0.2) is 36.9 Å². The highest BCUT2D eigenvalue weighted by Gasteiger charge is 2.31. The predicted molar refractivity (Wildman–Crippen MR) is 87.8 cm³/mol. The van der Waals surface area contributed by atoms with Crippen LogP contribution in [0.1, 0.15) is 33.3 Å². The highest BCUT2D eigenvalue weighted by atomic mass is 28.1. The van der Waals surface area contributed by atoms with Gasteiger partial charge in [-0.25, -0.2) is 14.1 Å². The summed E-state index contributed by atoms with van der Waals surface area (Å²) in [5.41, 5.74) is -0.381. The molecule has 0 amide bonds. The molecule has 0 saturated carbocycles. The third-order valence-electron chi connectivity index (χ3n) is 3.02. The number of halogens is 1. The molecule has 0 aliphatic heterocycles. The fourth-order valence-corrected chi connectivity index (χ4v) is 2.29. The zero-order chi connectivity index (χ0) is 13.9. The molecule has 0 aliphatic rings. The highest BCUT2D eigenvalue weighted by molar-refractivity contribution is 5.75. The summed E-state index contributed by atoms with van der Waals surface area (Å²) in [5, 5.41) is 14.9. The second kappa shape index (κ2) is 8.04. The van der Waals surface area contributed by atoms with Gasteiger partial charge in [0.1, 0.15) is 24.1 Å². The van der Waals surface area contributed by atoms with E-state index in [2.05, 4.69) is 10.1 Å². The molecule has 21 heavy (non-hydrogen) atoms. The van der Waals surface area contributed by atoms with E-state index in [1.54, 1.807) is 23.1 Å². The zero-order valence-electron chi connectivity index (χ0n) is 11.1. The topological polar surface area (TPSA) is 50.9 Å². The summed E-state index contributed by atoms with van der Waals surface area (Å²) >= 11 is 0. The largest absolute Gasteiger partial charge is 0.383 e. The monoisotopic (exact) mass is 311 g/mol. The van der Waals surface area contributed by atoms with E-state index in [0.717, 1.165) is 0 Å². The molecular formula is C15H26FN3OSi. The first-order chi connectivity index (χ1) is 8.99. The van der Waals surface area contributed by atoms with Gasteiger partial charge in [0.25, 0.3) is 0 Å². The van der Waals surface area contributed by atoms with Crippen molar-refractivity contribution in [2.24, 2.45) is 5.92 Å². The van der Waals surface area contributed by atoms with Crippen LogP contribution in [0.3, 0.4) is 0 Å². The lowest BCUT2D eigenvalue weighted by atomic mass is 9.85. The van der Waals surface area contributed by atoms with Crippen molar-refractivity contribution in [1.82, 2.24) is 14.8 Å². The van der Waals surface area contributed by atoms with E-state index in [1.165, 1.54) is 18.5 Å². The zero-order valence-corrected chi connectivity index (χ0v) is 11.1. The van der Waals surface area contributed by atoms with Gasteiger partial charge in [-0.1, -0.05) is 33.4 Å². The van der Waals surface area contributed by atoms with E-state index in [-0.39, 0.29) is 24.2 Å².